The van der Waals surface area contributed by atoms with E-state index < -0.39 is 12.0 Å². The van der Waals surface area contributed by atoms with E-state index >= 15 is 0 Å². The Labute approximate surface area is 128 Å². The Morgan fingerprint density at radius 2 is 2.05 bits per heavy atom. The molecule has 0 aliphatic carbocycles. The predicted molar refractivity (Wildman–Crippen MR) is 78.4 cm³/mol. The Bertz CT molecular complexity index is 581. The molecule has 3 heterocycles. The molecule has 1 atom stereocenters. The zero-order chi connectivity index (χ0) is 15.7. The zero-order valence-corrected chi connectivity index (χ0v) is 12.6. The van der Waals surface area contributed by atoms with Gasteiger partial charge in [-0.1, -0.05) is 0 Å². The van der Waals surface area contributed by atoms with E-state index in [0.717, 1.165) is 31.6 Å². The van der Waals surface area contributed by atoms with Crippen LogP contribution in [-0.4, -0.2) is 57.5 Å². The average Bonchev–Trinajstić information content (AvgIpc) is 2.87. The van der Waals surface area contributed by atoms with Gasteiger partial charge >= 0.3 is 5.97 Å². The molecule has 0 aromatic carbocycles. The van der Waals surface area contributed by atoms with E-state index in [1.54, 1.807) is 6.92 Å². The maximum atomic E-state index is 12.6. The van der Waals surface area contributed by atoms with Crippen LogP contribution in [0.5, 0.6) is 0 Å². The first kappa shape index (κ1) is 14.9. The highest BCUT2D eigenvalue weighted by Crippen LogP contribution is 2.42. The van der Waals surface area contributed by atoms with Gasteiger partial charge in [0.15, 0.2) is 0 Å². The number of amides is 1. The number of aromatic nitrogens is 2. The summed E-state index contributed by atoms with van der Waals surface area (Å²) in [4.78, 5) is 33.9. The van der Waals surface area contributed by atoms with Crippen molar-refractivity contribution < 1.29 is 14.7 Å². The highest BCUT2D eigenvalue weighted by molar-refractivity contribution is 5.95. The number of piperidine rings is 1. The number of carbonyl (C=O) groups is 2. The molecule has 118 valence electrons. The quantitative estimate of drug-likeness (QED) is 0.824. The lowest BCUT2D eigenvalue weighted by Crippen LogP contribution is -2.42. The first-order valence-corrected chi connectivity index (χ1v) is 7.54. The molecule has 2 aliphatic heterocycles. The molecule has 0 saturated carbocycles. The third kappa shape index (κ3) is 2.68. The molecular weight excluding hydrogens is 284 g/mol. The molecule has 1 aromatic rings. The number of hydrogen-bond acceptors (Lipinski definition) is 5. The lowest BCUT2D eigenvalue weighted by Gasteiger charge is -2.33. The molecule has 0 bridgehead atoms. The van der Waals surface area contributed by atoms with Gasteiger partial charge in [0.1, 0.15) is 11.7 Å². The molecule has 7 nitrogen and oxygen atoms in total. The number of nitrogens with one attached hydrogen (secondary N) is 1. The lowest BCUT2D eigenvalue weighted by molar-refractivity contribution is -0.141. The van der Waals surface area contributed by atoms with Gasteiger partial charge in [-0.05, 0) is 44.7 Å². The molecule has 0 radical (unpaired) electrons. The van der Waals surface area contributed by atoms with Gasteiger partial charge in [0.05, 0.1) is 11.9 Å². The summed E-state index contributed by atoms with van der Waals surface area (Å²) >= 11 is 0. The number of aryl methyl sites for hydroxylation is 1. The number of likely N-dealkylation sites (tertiary alicyclic amines) is 1. The summed E-state index contributed by atoms with van der Waals surface area (Å²) in [5, 5.41) is 12.8. The molecule has 2 aliphatic rings. The molecule has 1 spiro atoms. The standard InChI is InChI=1S/C15H20N4O3/c1-10-7-18-11(8-17-10)13(20)19-9-15(2-4-16-5-3-15)6-12(19)14(21)22/h7-8,12,16H,2-6,9H2,1H3,(H,21,22). The summed E-state index contributed by atoms with van der Waals surface area (Å²) in [7, 11) is 0. The first-order chi connectivity index (χ1) is 10.5. The SMILES string of the molecule is Cc1cnc(C(=O)N2CC3(CCNCC3)CC2C(=O)O)cn1. The van der Waals surface area contributed by atoms with E-state index in [2.05, 4.69) is 15.3 Å². The molecular formula is C15H20N4O3. The van der Waals surface area contributed by atoms with Crippen molar-refractivity contribution in [3.63, 3.8) is 0 Å². The van der Waals surface area contributed by atoms with Crippen LogP contribution in [0.15, 0.2) is 12.4 Å². The largest absolute Gasteiger partial charge is 0.480 e. The van der Waals surface area contributed by atoms with Crippen LogP contribution >= 0.6 is 0 Å². The maximum absolute atomic E-state index is 12.6. The molecule has 22 heavy (non-hydrogen) atoms. The third-order valence-corrected chi connectivity index (χ3v) is 4.72. The van der Waals surface area contributed by atoms with Crippen LogP contribution in [0.3, 0.4) is 0 Å². The van der Waals surface area contributed by atoms with E-state index in [9.17, 15) is 14.7 Å². The smallest absolute Gasteiger partial charge is 0.326 e. The van der Waals surface area contributed by atoms with Crippen molar-refractivity contribution in [2.45, 2.75) is 32.2 Å². The van der Waals surface area contributed by atoms with Crippen LogP contribution in [0.2, 0.25) is 0 Å². The highest BCUT2D eigenvalue weighted by atomic mass is 16.4. The minimum atomic E-state index is -0.941. The van der Waals surface area contributed by atoms with Gasteiger partial charge in [-0.25, -0.2) is 9.78 Å². The van der Waals surface area contributed by atoms with Crippen LogP contribution < -0.4 is 5.32 Å². The van der Waals surface area contributed by atoms with Crippen molar-refractivity contribution in [2.24, 2.45) is 5.41 Å². The number of hydrogen-bond donors (Lipinski definition) is 2. The van der Waals surface area contributed by atoms with Crippen molar-refractivity contribution in [3.8, 4) is 0 Å². The van der Waals surface area contributed by atoms with Crippen molar-refractivity contribution in [2.75, 3.05) is 19.6 Å². The topological polar surface area (TPSA) is 95.4 Å². The number of carboxylic acids is 1. The lowest BCUT2D eigenvalue weighted by atomic mass is 9.77. The average molecular weight is 304 g/mol. The first-order valence-electron chi connectivity index (χ1n) is 7.54. The van der Waals surface area contributed by atoms with E-state index in [1.807, 2.05) is 0 Å². The van der Waals surface area contributed by atoms with Crippen molar-refractivity contribution in [1.29, 1.82) is 0 Å². The molecule has 2 fully saturated rings. The third-order valence-electron chi connectivity index (χ3n) is 4.72. The molecule has 3 rings (SSSR count). The van der Waals surface area contributed by atoms with Gasteiger partial charge in [-0.3, -0.25) is 9.78 Å². The number of carboxylic acid groups (broad SMARTS) is 1. The van der Waals surface area contributed by atoms with Gasteiger partial charge in [-0.15, -0.1) is 0 Å². The minimum absolute atomic E-state index is 0.0813. The van der Waals surface area contributed by atoms with Gasteiger partial charge in [0, 0.05) is 12.7 Å². The van der Waals surface area contributed by atoms with Crippen LogP contribution in [0.4, 0.5) is 0 Å². The van der Waals surface area contributed by atoms with Gasteiger partial charge in [0.25, 0.3) is 5.91 Å². The number of aliphatic carboxylic acids is 1. The second kappa shape index (κ2) is 5.64. The monoisotopic (exact) mass is 304 g/mol. The fourth-order valence-corrected chi connectivity index (χ4v) is 3.46. The summed E-state index contributed by atoms with van der Waals surface area (Å²) in [6.07, 6.45) is 5.28. The second-order valence-corrected chi connectivity index (χ2v) is 6.28. The van der Waals surface area contributed by atoms with E-state index in [0.29, 0.717) is 13.0 Å². The molecule has 2 N–H and O–H groups in total. The van der Waals surface area contributed by atoms with Crippen LogP contribution in [0, 0.1) is 12.3 Å². The summed E-state index contributed by atoms with van der Waals surface area (Å²) in [5.41, 5.74) is 0.854. The van der Waals surface area contributed by atoms with Gasteiger partial charge < -0.3 is 15.3 Å². The second-order valence-electron chi connectivity index (χ2n) is 6.28. The Balaban J connectivity index is 1.85. The normalized spacial score (nSPS) is 23.7. The molecule has 2 saturated heterocycles. The number of carbonyl (C=O) groups excluding carboxylic acids is 1. The molecule has 1 aromatic heterocycles. The molecule has 1 unspecified atom stereocenters. The van der Waals surface area contributed by atoms with Crippen molar-refractivity contribution in [1.82, 2.24) is 20.2 Å². The van der Waals surface area contributed by atoms with Gasteiger partial charge in [-0.2, -0.15) is 0 Å². The minimum Gasteiger partial charge on any atom is -0.480 e. The Hall–Kier alpha value is -2.02. The Kier molecular flexibility index (Phi) is 3.82. The van der Waals surface area contributed by atoms with Crippen molar-refractivity contribution in [3.05, 3.63) is 23.8 Å². The van der Waals surface area contributed by atoms with Crippen LogP contribution in [0.25, 0.3) is 0 Å². The highest BCUT2D eigenvalue weighted by Gasteiger charge is 2.49. The molecule has 7 heteroatoms. The van der Waals surface area contributed by atoms with E-state index in [-0.39, 0.29) is 17.0 Å². The van der Waals surface area contributed by atoms with Gasteiger partial charge in [0.2, 0.25) is 0 Å². The predicted octanol–water partition coefficient (Wildman–Crippen LogP) is 0.454. The van der Waals surface area contributed by atoms with Crippen molar-refractivity contribution >= 4 is 11.9 Å². The number of nitrogens with zero attached hydrogens (tertiary/aromatic N) is 3. The van der Waals surface area contributed by atoms with Crippen LogP contribution in [0.1, 0.15) is 35.4 Å². The fraction of sp³-hybridized carbons (Fsp3) is 0.600. The number of rotatable bonds is 2. The summed E-state index contributed by atoms with van der Waals surface area (Å²) in [6.45, 7) is 4.03. The zero-order valence-electron chi connectivity index (χ0n) is 12.6. The summed E-state index contributed by atoms with van der Waals surface area (Å²) in [5.74, 6) is -1.28. The fourth-order valence-electron chi connectivity index (χ4n) is 3.46. The maximum Gasteiger partial charge on any atom is 0.326 e. The van der Waals surface area contributed by atoms with E-state index in [1.165, 1.54) is 17.3 Å². The summed E-state index contributed by atoms with van der Waals surface area (Å²) in [6, 6.07) is -0.770. The van der Waals surface area contributed by atoms with Crippen LogP contribution in [-0.2, 0) is 4.79 Å². The van der Waals surface area contributed by atoms with E-state index in [4.69, 9.17) is 0 Å². The Morgan fingerprint density at radius 1 is 1.32 bits per heavy atom. The molecule has 1 amide bonds. The summed E-state index contributed by atoms with van der Waals surface area (Å²) < 4.78 is 0. The Morgan fingerprint density at radius 3 is 2.64 bits per heavy atom.